The minimum Gasteiger partial charge on any atom is -0.502 e. The Labute approximate surface area is 175 Å². The molecule has 0 saturated heterocycles. The molecule has 1 unspecified atom stereocenters. The number of carbonyl (C=O) groups excluding carboxylic acids is 1. The molecule has 4 rings (SSSR count). The van der Waals surface area contributed by atoms with E-state index in [4.69, 9.17) is 24.4 Å². The van der Waals surface area contributed by atoms with Gasteiger partial charge in [0.05, 0.1) is 11.4 Å². The van der Waals surface area contributed by atoms with E-state index in [1.807, 2.05) is 0 Å². The van der Waals surface area contributed by atoms with Gasteiger partial charge >= 0.3 is 0 Å². The molecule has 10 nitrogen and oxygen atoms in total. The quantitative estimate of drug-likeness (QED) is 0.528. The molecule has 31 heavy (non-hydrogen) atoms. The summed E-state index contributed by atoms with van der Waals surface area (Å²) in [6, 6.07) is 5.97. The summed E-state index contributed by atoms with van der Waals surface area (Å²) in [6.07, 6.45) is -0.369. The highest BCUT2D eigenvalue weighted by Gasteiger charge is 2.28. The van der Waals surface area contributed by atoms with Crippen molar-refractivity contribution in [3.05, 3.63) is 61.9 Å². The fourth-order valence-corrected chi connectivity index (χ4v) is 3.57. The summed E-state index contributed by atoms with van der Waals surface area (Å²) in [5.74, 6) is -1.62. The van der Waals surface area contributed by atoms with Crippen molar-refractivity contribution in [2.75, 3.05) is 20.3 Å². The first kappa shape index (κ1) is 20.5. The van der Waals surface area contributed by atoms with Gasteiger partial charge in [-0.15, -0.1) is 0 Å². The maximum atomic E-state index is 12.9. The SMILES string of the molecule is COCc1cc(=O)c(O)c(C(CC(N)=O)c2cc3cc4c(cc3[nH]c2=O)OCCO4)o1. The average Bonchev–Trinajstić information content (AvgIpc) is 2.73. The molecular weight excluding hydrogens is 408 g/mol. The lowest BCUT2D eigenvalue weighted by molar-refractivity contribution is -0.118. The highest BCUT2D eigenvalue weighted by Crippen LogP contribution is 2.36. The lowest BCUT2D eigenvalue weighted by Crippen LogP contribution is -2.23. The molecule has 3 heterocycles. The van der Waals surface area contributed by atoms with E-state index in [1.54, 1.807) is 18.2 Å². The number of methoxy groups -OCH3 is 1. The number of fused-ring (bicyclic) bond motifs is 2. The molecule has 10 heteroatoms. The average molecular weight is 428 g/mol. The molecule has 162 valence electrons. The predicted octanol–water partition coefficient (Wildman–Crippen LogP) is 1.11. The van der Waals surface area contributed by atoms with Crippen molar-refractivity contribution in [3.8, 4) is 17.2 Å². The van der Waals surface area contributed by atoms with Crippen LogP contribution in [0.4, 0.5) is 0 Å². The summed E-state index contributed by atoms with van der Waals surface area (Å²) in [5, 5.41) is 10.9. The summed E-state index contributed by atoms with van der Waals surface area (Å²) in [6.45, 7) is 0.755. The fraction of sp³-hybridized carbons (Fsp3) is 0.286. The molecule has 1 aromatic carbocycles. The van der Waals surface area contributed by atoms with Crippen molar-refractivity contribution in [2.24, 2.45) is 5.73 Å². The van der Waals surface area contributed by atoms with Gasteiger partial charge < -0.3 is 34.5 Å². The van der Waals surface area contributed by atoms with E-state index < -0.39 is 28.6 Å². The van der Waals surface area contributed by atoms with Crippen LogP contribution in [0, 0.1) is 0 Å². The number of hydrogen-bond acceptors (Lipinski definition) is 8. The number of aromatic hydroxyl groups is 1. The van der Waals surface area contributed by atoms with Crippen LogP contribution in [0.2, 0.25) is 0 Å². The van der Waals surface area contributed by atoms with Crippen LogP contribution in [0.15, 0.2) is 38.3 Å². The number of carbonyl (C=O) groups is 1. The molecule has 1 atom stereocenters. The van der Waals surface area contributed by atoms with Gasteiger partial charge in [-0.1, -0.05) is 0 Å². The number of ether oxygens (including phenoxy) is 3. The Hall–Kier alpha value is -3.79. The summed E-state index contributed by atoms with van der Waals surface area (Å²) in [4.78, 5) is 39.6. The van der Waals surface area contributed by atoms with Crippen LogP contribution in [-0.4, -0.2) is 36.3 Å². The maximum absolute atomic E-state index is 12.9. The number of nitrogens with one attached hydrogen (secondary N) is 1. The van der Waals surface area contributed by atoms with Crippen LogP contribution in [-0.2, 0) is 16.1 Å². The van der Waals surface area contributed by atoms with Crippen molar-refractivity contribution in [3.63, 3.8) is 0 Å². The van der Waals surface area contributed by atoms with E-state index in [0.29, 0.717) is 35.6 Å². The molecule has 1 amide bonds. The van der Waals surface area contributed by atoms with Crippen LogP contribution >= 0.6 is 0 Å². The number of amides is 1. The van der Waals surface area contributed by atoms with Crippen LogP contribution in [0.25, 0.3) is 10.9 Å². The van der Waals surface area contributed by atoms with Gasteiger partial charge in [-0.2, -0.15) is 0 Å². The van der Waals surface area contributed by atoms with Crippen molar-refractivity contribution in [2.45, 2.75) is 18.9 Å². The summed E-state index contributed by atoms with van der Waals surface area (Å²) >= 11 is 0. The predicted molar refractivity (Wildman–Crippen MR) is 109 cm³/mol. The first-order chi connectivity index (χ1) is 14.9. The van der Waals surface area contributed by atoms with Crippen LogP contribution < -0.4 is 26.2 Å². The van der Waals surface area contributed by atoms with Gasteiger partial charge in [0.2, 0.25) is 17.1 Å². The molecule has 1 aliphatic heterocycles. The Morgan fingerprint density at radius 2 is 1.90 bits per heavy atom. The van der Waals surface area contributed by atoms with E-state index in [0.717, 1.165) is 6.07 Å². The number of aromatic nitrogens is 1. The molecule has 0 bridgehead atoms. The Morgan fingerprint density at radius 3 is 2.58 bits per heavy atom. The minimum atomic E-state index is -1.09. The van der Waals surface area contributed by atoms with Crippen LogP contribution in [0.5, 0.6) is 17.2 Å². The number of nitrogens with two attached hydrogens (primary N) is 1. The standard InChI is InChI=1S/C21H20N2O8/c1-28-9-11-6-15(24)19(26)20(31-11)12(7-18(22)25)13-4-10-5-16-17(30-3-2-29-16)8-14(10)23-21(13)27/h4-6,8,12,26H,2-3,7,9H2,1H3,(H2,22,25)(H,23,27). The van der Waals surface area contributed by atoms with E-state index in [-0.39, 0.29) is 30.1 Å². The Kier molecular flexibility index (Phi) is 5.38. The minimum absolute atomic E-state index is 0.0383. The lowest BCUT2D eigenvalue weighted by Gasteiger charge is -2.20. The molecule has 1 aliphatic rings. The van der Waals surface area contributed by atoms with Crippen LogP contribution in [0.1, 0.15) is 29.4 Å². The molecule has 4 N–H and O–H groups in total. The number of benzene rings is 1. The number of pyridine rings is 1. The van der Waals surface area contributed by atoms with Crippen molar-refractivity contribution in [1.29, 1.82) is 0 Å². The second-order valence-electron chi connectivity index (χ2n) is 7.08. The molecule has 3 aromatic rings. The zero-order valence-corrected chi connectivity index (χ0v) is 16.6. The van der Waals surface area contributed by atoms with Gasteiger partial charge in [0.1, 0.15) is 25.6 Å². The van der Waals surface area contributed by atoms with Gasteiger partial charge in [-0.25, -0.2) is 0 Å². The molecular formula is C21H20N2O8. The third-order valence-electron chi connectivity index (χ3n) is 4.92. The summed E-state index contributed by atoms with van der Waals surface area (Å²) in [5.41, 5.74) is 4.73. The zero-order chi connectivity index (χ0) is 22.1. The van der Waals surface area contributed by atoms with Gasteiger partial charge in [0.25, 0.3) is 5.56 Å². The Morgan fingerprint density at radius 1 is 1.19 bits per heavy atom. The van der Waals surface area contributed by atoms with Gasteiger partial charge in [-0.05, 0) is 12.1 Å². The van der Waals surface area contributed by atoms with E-state index in [2.05, 4.69) is 4.98 Å². The molecule has 0 saturated carbocycles. The van der Waals surface area contributed by atoms with Crippen molar-refractivity contribution < 1.29 is 28.5 Å². The smallest absolute Gasteiger partial charge is 0.252 e. The number of H-pyrrole nitrogens is 1. The van der Waals surface area contributed by atoms with Gasteiger partial charge in [0.15, 0.2) is 17.3 Å². The maximum Gasteiger partial charge on any atom is 0.252 e. The molecule has 2 aromatic heterocycles. The van der Waals surface area contributed by atoms with E-state index in [9.17, 15) is 19.5 Å². The third-order valence-corrected chi connectivity index (χ3v) is 4.92. The second kappa shape index (κ2) is 8.15. The Balaban J connectivity index is 1.91. The largest absolute Gasteiger partial charge is 0.502 e. The molecule has 0 radical (unpaired) electrons. The lowest BCUT2D eigenvalue weighted by atomic mass is 9.92. The number of hydrogen-bond donors (Lipinski definition) is 3. The molecule has 0 aliphatic carbocycles. The molecule has 0 spiro atoms. The summed E-state index contributed by atoms with van der Waals surface area (Å²) in [7, 11) is 1.41. The normalized spacial score (nSPS) is 13.8. The van der Waals surface area contributed by atoms with Gasteiger partial charge in [0, 0.05) is 36.6 Å². The van der Waals surface area contributed by atoms with Crippen molar-refractivity contribution in [1.82, 2.24) is 4.98 Å². The van der Waals surface area contributed by atoms with E-state index >= 15 is 0 Å². The second-order valence-corrected chi connectivity index (χ2v) is 7.08. The number of rotatable bonds is 6. The Bertz CT molecular complexity index is 1280. The third kappa shape index (κ3) is 3.97. The van der Waals surface area contributed by atoms with Crippen LogP contribution in [0.3, 0.4) is 0 Å². The molecule has 0 fully saturated rings. The fourth-order valence-electron chi connectivity index (χ4n) is 3.57. The topological polar surface area (TPSA) is 154 Å². The van der Waals surface area contributed by atoms with Crippen molar-refractivity contribution >= 4 is 16.8 Å². The highest BCUT2D eigenvalue weighted by atomic mass is 16.6. The highest BCUT2D eigenvalue weighted by molar-refractivity contribution is 5.84. The van der Waals surface area contributed by atoms with Gasteiger partial charge in [-0.3, -0.25) is 14.4 Å². The number of primary amides is 1. The first-order valence-electron chi connectivity index (χ1n) is 9.47. The first-order valence-corrected chi connectivity index (χ1v) is 9.47. The zero-order valence-electron chi connectivity index (χ0n) is 16.6. The summed E-state index contributed by atoms with van der Waals surface area (Å²) < 4.78 is 21.7. The monoisotopic (exact) mass is 428 g/mol. The number of aromatic amines is 1. The van der Waals surface area contributed by atoms with E-state index in [1.165, 1.54) is 7.11 Å².